The lowest BCUT2D eigenvalue weighted by Gasteiger charge is -2.22. The summed E-state index contributed by atoms with van der Waals surface area (Å²) in [5.74, 6) is -1.13. The van der Waals surface area contributed by atoms with Gasteiger partial charge in [0.15, 0.2) is 0 Å². The van der Waals surface area contributed by atoms with Crippen LogP contribution in [0.5, 0.6) is 0 Å². The minimum absolute atomic E-state index is 0.0255. The molecule has 0 bridgehead atoms. The van der Waals surface area contributed by atoms with Crippen LogP contribution >= 0.6 is 31.9 Å². The molecular weight excluding hydrogens is 404 g/mol. The van der Waals surface area contributed by atoms with Crippen molar-refractivity contribution in [1.82, 2.24) is 5.32 Å². The van der Waals surface area contributed by atoms with Gasteiger partial charge in [0.1, 0.15) is 11.6 Å². The van der Waals surface area contributed by atoms with E-state index in [-0.39, 0.29) is 10.0 Å². The predicted molar refractivity (Wildman–Crippen MR) is 88.5 cm³/mol. The highest BCUT2D eigenvalue weighted by atomic mass is 79.9. The number of aryl methyl sites for hydroxylation is 1. The van der Waals surface area contributed by atoms with E-state index in [1.165, 1.54) is 12.1 Å². The summed E-state index contributed by atoms with van der Waals surface area (Å²) in [6.45, 7) is 4.45. The first-order valence-corrected chi connectivity index (χ1v) is 8.17. The zero-order valence-corrected chi connectivity index (χ0v) is 14.9. The molecule has 21 heavy (non-hydrogen) atoms. The molecule has 0 aliphatic heterocycles. The summed E-state index contributed by atoms with van der Waals surface area (Å²) < 4.78 is 29.7. The van der Waals surface area contributed by atoms with Gasteiger partial charge in [0.2, 0.25) is 0 Å². The topological polar surface area (TPSA) is 12.0 Å². The summed E-state index contributed by atoms with van der Waals surface area (Å²) in [6, 6.07) is 7.87. The molecule has 1 nitrogen and oxygen atoms in total. The molecule has 5 heteroatoms. The number of hydrogen-bond acceptors (Lipinski definition) is 1. The van der Waals surface area contributed by atoms with Gasteiger partial charge in [-0.2, -0.15) is 0 Å². The van der Waals surface area contributed by atoms with E-state index in [4.69, 9.17) is 0 Å². The molecule has 1 N–H and O–H groups in total. The Morgan fingerprint density at radius 2 is 1.76 bits per heavy atom. The number of hydrogen-bond donors (Lipinski definition) is 1. The Morgan fingerprint density at radius 3 is 2.43 bits per heavy atom. The molecule has 0 spiro atoms. The third-order valence-corrected chi connectivity index (χ3v) is 4.57. The first kappa shape index (κ1) is 16.6. The molecule has 0 aliphatic rings. The van der Waals surface area contributed by atoms with E-state index in [1.807, 2.05) is 32.0 Å². The standard InChI is InChI=1S/C16H15Br2F2N/c1-3-21-16(10-8-9(2)4-5-11(10)17)14-13(19)7-6-12(18)15(14)20/h4-8,16,21H,3H2,1-2H3. The van der Waals surface area contributed by atoms with Crippen LogP contribution in [0.1, 0.15) is 29.7 Å². The van der Waals surface area contributed by atoms with Gasteiger partial charge in [0.25, 0.3) is 0 Å². The van der Waals surface area contributed by atoms with E-state index in [0.717, 1.165) is 15.6 Å². The van der Waals surface area contributed by atoms with Crippen LogP contribution in [0.3, 0.4) is 0 Å². The van der Waals surface area contributed by atoms with Crippen LogP contribution in [0.25, 0.3) is 0 Å². The van der Waals surface area contributed by atoms with Gasteiger partial charge in [-0.05, 0) is 53.2 Å². The molecule has 0 radical (unpaired) electrons. The summed E-state index contributed by atoms with van der Waals surface area (Å²) in [4.78, 5) is 0. The molecule has 0 fully saturated rings. The quantitative estimate of drug-likeness (QED) is 0.646. The van der Waals surface area contributed by atoms with Crippen molar-refractivity contribution in [2.75, 3.05) is 6.54 Å². The van der Waals surface area contributed by atoms with Gasteiger partial charge in [-0.1, -0.05) is 40.5 Å². The van der Waals surface area contributed by atoms with E-state index in [2.05, 4.69) is 37.2 Å². The van der Waals surface area contributed by atoms with Crippen LogP contribution in [0.15, 0.2) is 39.3 Å². The van der Waals surface area contributed by atoms with Gasteiger partial charge in [0, 0.05) is 10.0 Å². The molecule has 0 saturated heterocycles. The monoisotopic (exact) mass is 417 g/mol. The molecule has 2 aromatic carbocycles. The second-order valence-electron chi connectivity index (χ2n) is 4.77. The molecule has 2 rings (SSSR count). The second kappa shape index (κ2) is 6.99. The van der Waals surface area contributed by atoms with Gasteiger partial charge >= 0.3 is 0 Å². The van der Waals surface area contributed by atoms with E-state index in [1.54, 1.807) is 0 Å². The Kier molecular flexibility index (Phi) is 5.52. The maximum Gasteiger partial charge on any atom is 0.145 e. The molecule has 0 saturated carbocycles. The van der Waals surface area contributed by atoms with Gasteiger partial charge in [-0.3, -0.25) is 0 Å². The normalized spacial score (nSPS) is 12.5. The van der Waals surface area contributed by atoms with Crippen molar-refractivity contribution in [2.24, 2.45) is 0 Å². The Bertz CT molecular complexity index is 659. The maximum absolute atomic E-state index is 14.4. The lowest BCUT2D eigenvalue weighted by Crippen LogP contribution is -2.24. The average Bonchev–Trinajstić information content (AvgIpc) is 2.45. The maximum atomic E-state index is 14.4. The highest BCUT2D eigenvalue weighted by Crippen LogP contribution is 2.34. The predicted octanol–water partition coefficient (Wildman–Crippen LogP) is 5.50. The van der Waals surface area contributed by atoms with E-state index in [9.17, 15) is 8.78 Å². The van der Waals surface area contributed by atoms with Crippen LogP contribution in [0.4, 0.5) is 8.78 Å². The van der Waals surface area contributed by atoms with Crippen LogP contribution in [0.2, 0.25) is 0 Å². The summed E-state index contributed by atoms with van der Waals surface area (Å²) in [6.07, 6.45) is 0. The highest BCUT2D eigenvalue weighted by Gasteiger charge is 2.24. The number of halogens is 4. The van der Waals surface area contributed by atoms with Crippen molar-refractivity contribution in [1.29, 1.82) is 0 Å². The van der Waals surface area contributed by atoms with Crippen LogP contribution in [-0.2, 0) is 0 Å². The smallest absolute Gasteiger partial charge is 0.145 e. The third-order valence-electron chi connectivity index (χ3n) is 3.24. The number of rotatable bonds is 4. The Morgan fingerprint density at radius 1 is 1.10 bits per heavy atom. The van der Waals surface area contributed by atoms with E-state index < -0.39 is 17.7 Å². The van der Waals surface area contributed by atoms with Gasteiger partial charge in [-0.15, -0.1) is 0 Å². The van der Waals surface area contributed by atoms with Crippen LogP contribution < -0.4 is 5.32 Å². The molecule has 1 unspecified atom stereocenters. The van der Waals surface area contributed by atoms with Gasteiger partial charge in [-0.25, -0.2) is 8.78 Å². The number of benzene rings is 2. The summed E-state index contributed by atoms with van der Waals surface area (Å²) >= 11 is 6.59. The molecule has 0 amide bonds. The second-order valence-corrected chi connectivity index (χ2v) is 6.48. The Balaban J connectivity index is 2.64. The zero-order valence-electron chi connectivity index (χ0n) is 11.7. The zero-order chi connectivity index (χ0) is 15.6. The van der Waals surface area contributed by atoms with Crippen molar-refractivity contribution < 1.29 is 8.78 Å². The minimum Gasteiger partial charge on any atom is -0.306 e. The Labute approximate surface area is 140 Å². The van der Waals surface area contributed by atoms with Crippen molar-refractivity contribution in [2.45, 2.75) is 19.9 Å². The summed E-state index contributed by atoms with van der Waals surface area (Å²) in [7, 11) is 0. The molecule has 0 aliphatic carbocycles. The summed E-state index contributed by atoms with van der Waals surface area (Å²) in [5, 5.41) is 3.16. The first-order chi connectivity index (χ1) is 9.95. The summed E-state index contributed by atoms with van der Waals surface area (Å²) in [5.41, 5.74) is 1.87. The molecular formula is C16H15Br2F2N. The van der Waals surface area contributed by atoms with Gasteiger partial charge < -0.3 is 5.32 Å². The average molecular weight is 419 g/mol. The fraction of sp³-hybridized carbons (Fsp3) is 0.250. The first-order valence-electron chi connectivity index (χ1n) is 6.58. The highest BCUT2D eigenvalue weighted by molar-refractivity contribution is 9.10. The molecule has 0 aromatic heterocycles. The molecule has 2 aromatic rings. The van der Waals surface area contributed by atoms with Crippen molar-refractivity contribution in [3.05, 3.63) is 67.6 Å². The van der Waals surface area contributed by atoms with Crippen LogP contribution in [-0.4, -0.2) is 6.54 Å². The van der Waals surface area contributed by atoms with Crippen LogP contribution in [0, 0.1) is 18.6 Å². The van der Waals surface area contributed by atoms with Crippen molar-refractivity contribution in [3.8, 4) is 0 Å². The largest absolute Gasteiger partial charge is 0.306 e. The fourth-order valence-electron chi connectivity index (χ4n) is 2.26. The van der Waals surface area contributed by atoms with Crippen molar-refractivity contribution in [3.63, 3.8) is 0 Å². The van der Waals surface area contributed by atoms with Gasteiger partial charge in [0.05, 0.1) is 10.5 Å². The third kappa shape index (κ3) is 3.52. The fourth-order valence-corrected chi connectivity index (χ4v) is 3.08. The molecule has 112 valence electrons. The molecule has 0 heterocycles. The van der Waals surface area contributed by atoms with E-state index in [0.29, 0.717) is 6.54 Å². The lowest BCUT2D eigenvalue weighted by molar-refractivity contribution is 0.506. The SMILES string of the molecule is CCNC(c1cc(C)ccc1Br)c1c(F)ccc(Br)c1F. The molecule has 1 atom stereocenters. The Hall–Kier alpha value is -0.780. The van der Waals surface area contributed by atoms with Crippen molar-refractivity contribution >= 4 is 31.9 Å². The minimum atomic E-state index is -0.575. The lowest BCUT2D eigenvalue weighted by atomic mass is 9.96. The van der Waals surface area contributed by atoms with E-state index >= 15 is 0 Å². The number of nitrogens with one attached hydrogen (secondary N) is 1.